The third-order valence-corrected chi connectivity index (χ3v) is 6.47. The van der Waals surface area contributed by atoms with E-state index >= 15 is 0 Å². The smallest absolute Gasteiger partial charge is 0.242 e. The standard InChI is InChI=1S/C20H36N4O4/c1-13-11-17(18(25)14(2)28-13)23(3)10-8-22-19(26)16-5-4-9-24(16)20(27)15-6-7-21-12-15/h13-18,21,25H,4-12H2,1-3H3,(H,22,26)/t13-,14+,15?,16+,17+,18+/m1/s1. The monoisotopic (exact) mass is 396 g/mol. The number of aliphatic hydroxyl groups excluding tert-OH is 1. The van der Waals surface area contributed by atoms with Crippen LogP contribution in [0.25, 0.3) is 0 Å². The first-order valence-corrected chi connectivity index (χ1v) is 10.7. The molecule has 0 saturated carbocycles. The van der Waals surface area contributed by atoms with Gasteiger partial charge in [0.1, 0.15) is 6.04 Å². The van der Waals surface area contributed by atoms with Crippen molar-refractivity contribution in [2.45, 2.75) is 69.9 Å². The second-order valence-electron chi connectivity index (χ2n) is 8.60. The molecule has 28 heavy (non-hydrogen) atoms. The van der Waals surface area contributed by atoms with Gasteiger partial charge in [-0.25, -0.2) is 0 Å². The Kier molecular flexibility index (Phi) is 7.31. The predicted molar refractivity (Wildman–Crippen MR) is 106 cm³/mol. The zero-order valence-electron chi connectivity index (χ0n) is 17.4. The maximum Gasteiger partial charge on any atom is 0.242 e. The fourth-order valence-electron chi connectivity index (χ4n) is 4.78. The summed E-state index contributed by atoms with van der Waals surface area (Å²) in [7, 11) is 1.98. The van der Waals surface area contributed by atoms with E-state index in [1.54, 1.807) is 4.90 Å². The lowest BCUT2D eigenvalue weighted by Gasteiger charge is -2.41. The van der Waals surface area contributed by atoms with Gasteiger partial charge in [0.2, 0.25) is 11.8 Å². The molecule has 0 aliphatic carbocycles. The summed E-state index contributed by atoms with van der Waals surface area (Å²) in [6.45, 7) is 7.36. The lowest BCUT2D eigenvalue weighted by Crippen LogP contribution is -2.55. The van der Waals surface area contributed by atoms with Crippen LogP contribution in [0.4, 0.5) is 0 Å². The number of hydrogen-bond donors (Lipinski definition) is 3. The second-order valence-corrected chi connectivity index (χ2v) is 8.60. The molecule has 8 nitrogen and oxygen atoms in total. The summed E-state index contributed by atoms with van der Waals surface area (Å²) < 4.78 is 5.68. The molecule has 0 spiro atoms. The first kappa shape index (κ1) is 21.5. The van der Waals surface area contributed by atoms with Crippen LogP contribution in [-0.4, -0.2) is 96.9 Å². The van der Waals surface area contributed by atoms with E-state index in [1.807, 2.05) is 20.9 Å². The molecule has 3 rings (SSSR count). The Morgan fingerprint density at radius 2 is 2.11 bits per heavy atom. The Balaban J connectivity index is 1.46. The molecule has 3 aliphatic heterocycles. The maximum absolute atomic E-state index is 12.7. The highest BCUT2D eigenvalue weighted by atomic mass is 16.5. The Hall–Kier alpha value is -1.22. The molecule has 0 aromatic rings. The van der Waals surface area contributed by atoms with E-state index in [1.165, 1.54) is 0 Å². The predicted octanol–water partition coefficient (Wildman–Crippen LogP) is -0.438. The summed E-state index contributed by atoms with van der Waals surface area (Å²) >= 11 is 0. The van der Waals surface area contributed by atoms with E-state index in [0.29, 0.717) is 19.6 Å². The number of nitrogens with zero attached hydrogens (tertiary/aromatic N) is 2. The van der Waals surface area contributed by atoms with Crippen LogP contribution < -0.4 is 10.6 Å². The van der Waals surface area contributed by atoms with Crippen LogP contribution in [0.3, 0.4) is 0 Å². The second kappa shape index (κ2) is 9.52. The van der Waals surface area contributed by atoms with Crippen molar-refractivity contribution in [3.63, 3.8) is 0 Å². The molecule has 0 bridgehead atoms. The normalized spacial score (nSPS) is 36.1. The minimum absolute atomic E-state index is 0.0125. The molecule has 3 N–H and O–H groups in total. The topological polar surface area (TPSA) is 94.1 Å². The number of amides is 2. The SMILES string of the molecule is C[C@@H]1C[C@H](N(C)CCNC(=O)[C@@H]2CCCN2C(=O)C2CCNC2)[C@@H](O)[C@H](C)O1. The van der Waals surface area contributed by atoms with Gasteiger partial charge in [0, 0.05) is 32.2 Å². The van der Waals surface area contributed by atoms with E-state index in [2.05, 4.69) is 15.5 Å². The number of likely N-dealkylation sites (N-methyl/N-ethyl adjacent to an activating group) is 1. The van der Waals surface area contributed by atoms with Crippen LogP contribution in [0.15, 0.2) is 0 Å². The van der Waals surface area contributed by atoms with Crippen molar-refractivity contribution in [2.24, 2.45) is 5.92 Å². The molecule has 0 radical (unpaired) electrons. The minimum atomic E-state index is -0.528. The number of carbonyl (C=O) groups is 2. The highest BCUT2D eigenvalue weighted by molar-refractivity contribution is 5.89. The molecule has 8 heteroatoms. The van der Waals surface area contributed by atoms with Crippen LogP contribution in [-0.2, 0) is 14.3 Å². The van der Waals surface area contributed by atoms with Crippen molar-refractivity contribution in [1.82, 2.24) is 20.4 Å². The Bertz CT molecular complexity index is 554. The van der Waals surface area contributed by atoms with Gasteiger partial charge in [-0.3, -0.25) is 14.5 Å². The van der Waals surface area contributed by atoms with Gasteiger partial charge in [-0.05, 0) is 53.1 Å². The molecular formula is C20H36N4O4. The largest absolute Gasteiger partial charge is 0.389 e. The summed E-state index contributed by atoms with van der Waals surface area (Å²) in [5.74, 6) is 0.0751. The molecule has 160 valence electrons. The first-order chi connectivity index (χ1) is 13.4. The minimum Gasteiger partial charge on any atom is -0.389 e. The van der Waals surface area contributed by atoms with Gasteiger partial charge in [0.15, 0.2) is 0 Å². The van der Waals surface area contributed by atoms with Gasteiger partial charge >= 0.3 is 0 Å². The van der Waals surface area contributed by atoms with Gasteiger partial charge in [-0.1, -0.05) is 0 Å². The molecule has 1 unspecified atom stereocenters. The number of rotatable bonds is 6. The molecule has 3 aliphatic rings. The molecular weight excluding hydrogens is 360 g/mol. The fourth-order valence-corrected chi connectivity index (χ4v) is 4.78. The number of ether oxygens (including phenoxy) is 1. The van der Waals surface area contributed by atoms with Gasteiger partial charge < -0.3 is 25.4 Å². The maximum atomic E-state index is 12.7. The van der Waals surface area contributed by atoms with Crippen LogP contribution in [0.2, 0.25) is 0 Å². The number of likely N-dealkylation sites (tertiary alicyclic amines) is 1. The molecule has 3 heterocycles. The average Bonchev–Trinajstić information content (AvgIpc) is 3.35. The van der Waals surface area contributed by atoms with Crippen molar-refractivity contribution in [3.8, 4) is 0 Å². The zero-order valence-corrected chi connectivity index (χ0v) is 17.4. The van der Waals surface area contributed by atoms with Crippen LogP contribution in [0.1, 0.15) is 39.5 Å². The number of carbonyl (C=O) groups excluding carboxylic acids is 2. The van der Waals surface area contributed by atoms with E-state index < -0.39 is 6.10 Å². The van der Waals surface area contributed by atoms with E-state index in [4.69, 9.17) is 4.74 Å². The van der Waals surface area contributed by atoms with Gasteiger partial charge in [-0.2, -0.15) is 0 Å². The molecule has 6 atom stereocenters. The molecule has 2 amide bonds. The Labute approximate surface area is 168 Å². The van der Waals surface area contributed by atoms with Crippen LogP contribution in [0.5, 0.6) is 0 Å². The van der Waals surface area contributed by atoms with Gasteiger partial charge in [0.05, 0.1) is 24.2 Å². The van der Waals surface area contributed by atoms with Gasteiger partial charge in [0.25, 0.3) is 0 Å². The summed E-state index contributed by atoms with van der Waals surface area (Å²) in [5, 5.41) is 16.6. The number of nitrogens with one attached hydrogen (secondary N) is 2. The molecule has 3 saturated heterocycles. The summed E-state index contributed by atoms with van der Waals surface area (Å²) in [5.41, 5.74) is 0. The quantitative estimate of drug-likeness (QED) is 0.564. The lowest BCUT2D eigenvalue weighted by molar-refractivity contribution is -0.141. The Morgan fingerprint density at radius 1 is 1.32 bits per heavy atom. The third kappa shape index (κ3) is 4.84. The van der Waals surface area contributed by atoms with Crippen molar-refractivity contribution < 1.29 is 19.4 Å². The lowest BCUT2D eigenvalue weighted by atomic mass is 9.95. The highest BCUT2D eigenvalue weighted by Gasteiger charge is 2.38. The number of aliphatic hydroxyl groups is 1. The fraction of sp³-hybridized carbons (Fsp3) is 0.900. The van der Waals surface area contributed by atoms with E-state index in [0.717, 1.165) is 38.8 Å². The Morgan fingerprint density at radius 3 is 2.82 bits per heavy atom. The van der Waals surface area contributed by atoms with Crippen LogP contribution in [0, 0.1) is 5.92 Å². The van der Waals surface area contributed by atoms with Crippen LogP contribution >= 0.6 is 0 Å². The highest BCUT2D eigenvalue weighted by Crippen LogP contribution is 2.24. The van der Waals surface area contributed by atoms with Crippen molar-refractivity contribution in [2.75, 3.05) is 39.8 Å². The van der Waals surface area contributed by atoms with Crippen molar-refractivity contribution in [1.29, 1.82) is 0 Å². The van der Waals surface area contributed by atoms with Crippen molar-refractivity contribution >= 4 is 11.8 Å². The average molecular weight is 397 g/mol. The van der Waals surface area contributed by atoms with E-state index in [9.17, 15) is 14.7 Å². The summed E-state index contributed by atoms with van der Waals surface area (Å²) in [4.78, 5) is 29.3. The summed E-state index contributed by atoms with van der Waals surface area (Å²) in [6.07, 6.45) is 2.65. The van der Waals surface area contributed by atoms with Crippen molar-refractivity contribution in [3.05, 3.63) is 0 Å². The molecule has 0 aromatic carbocycles. The number of hydrogen-bond acceptors (Lipinski definition) is 6. The molecule has 0 aromatic heterocycles. The molecule has 3 fully saturated rings. The van der Waals surface area contributed by atoms with E-state index in [-0.39, 0.29) is 42.0 Å². The zero-order chi connectivity index (χ0) is 20.3. The first-order valence-electron chi connectivity index (χ1n) is 10.7. The third-order valence-electron chi connectivity index (χ3n) is 6.47. The van der Waals surface area contributed by atoms with Gasteiger partial charge in [-0.15, -0.1) is 0 Å². The summed E-state index contributed by atoms with van der Waals surface area (Å²) in [6, 6.07) is -0.317.